The number of anilines is 2. The van der Waals surface area contributed by atoms with Crippen molar-refractivity contribution in [1.29, 1.82) is 0 Å². The number of amides is 2. The van der Waals surface area contributed by atoms with E-state index in [0.29, 0.717) is 16.4 Å². The predicted molar refractivity (Wildman–Crippen MR) is 105 cm³/mol. The number of halogens is 1. The lowest BCUT2D eigenvalue weighted by Crippen LogP contribution is -2.60. The summed E-state index contributed by atoms with van der Waals surface area (Å²) in [5, 5.41) is 6.77. The fraction of sp³-hybridized carbons (Fsp3) is 0.300. The molecular formula is C20H22ClN3O2. The third-order valence-corrected chi connectivity index (χ3v) is 4.94. The molecule has 5 nitrogen and oxygen atoms in total. The molecule has 0 saturated heterocycles. The molecule has 0 aliphatic carbocycles. The van der Waals surface area contributed by atoms with Crippen molar-refractivity contribution in [2.75, 3.05) is 16.8 Å². The van der Waals surface area contributed by atoms with Crippen LogP contribution in [0.2, 0.25) is 5.02 Å². The Labute approximate surface area is 158 Å². The van der Waals surface area contributed by atoms with Gasteiger partial charge in [0.15, 0.2) is 0 Å². The Kier molecular flexibility index (Phi) is 5.03. The van der Waals surface area contributed by atoms with Gasteiger partial charge in [-0.25, -0.2) is 0 Å². The van der Waals surface area contributed by atoms with Crippen LogP contribution in [0.3, 0.4) is 0 Å². The molecule has 0 saturated carbocycles. The van der Waals surface area contributed by atoms with E-state index in [1.54, 1.807) is 24.8 Å². The number of benzene rings is 2. The van der Waals surface area contributed by atoms with E-state index in [0.717, 1.165) is 5.56 Å². The fourth-order valence-corrected chi connectivity index (χ4v) is 3.21. The first-order valence-corrected chi connectivity index (χ1v) is 8.91. The summed E-state index contributed by atoms with van der Waals surface area (Å²) < 4.78 is 0. The number of fused-ring (bicyclic) bond motifs is 1. The van der Waals surface area contributed by atoms with Crippen molar-refractivity contribution in [3.05, 3.63) is 59.1 Å². The van der Waals surface area contributed by atoms with E-state index in [1.165, 1.54) is 0 Å². The van der Waals surface area contributed by atoms with E-state index in [-0.39, 0.29) is 24.4 Å². The lowest BCUT2D eigenvalue weighted by Gasteiger charge is -2.42. The van der Waals surface area contributed by atoms with Crippen LogP contribution in [0.25, 0.3) is 0 Å². The fourth-order valence-electron chi connectivity index (χ4n) is 3.09. The van der Waals surface area contributed by atoms with Crippen LogP contribution >= 0.6 is 11.6 Å². The number of carbonyl (C=O) groups is 2. The van der Waals surface area contributed by atoms with Crippen LogP contribution in [0.1, 0.15) is 32.4 Å². The van der Waals surface area contributed by atoms with E-state index in [1.807, 2.05) is 49.4 Å². The van der Waals surface area contributed by atoms with Crippen molar-refractivity contribution in [2.45, 2.75) is 32.4 Å². The molecule has 2 amide bonds. The van der Waals surface area contributed by atoms with Gasteiger partial charge >= 0.3 is 0 Å². The summed E-state index contributed by atoms with van der Waals surface area (Å²) in [6, 6.07) is 14.8. The normalized spacial score (nSPS) is 16.6. The maximum atomic E-state index is 13.0. The third kappa shape index (κ3) is 3.45. The molecular weight excluding hydrogens is 350 g/mol. The minimum atomic E-state index is -0.962. The zero-order valence-electron chi connectivity index (χ0n) is 15.0. The van der Waals surface area contributed by atoms with E-state index in [4.69, 9.17) is 11.6 Å². The smallest absolute Gasteiger partial charge is 0.250 e. The maximum absolute atomic E-state index is 13.0. The van der Waals surface area contributed by atoms with Crippen LogP contribution in [-0.4, -0.2) is 23.9 Å². The average Bonchev–Trinajstić information content (AvgIpc) is 2.61. The van der Waals surface area contributed by atoms with Gasteiger partial charge in [0, 0.05) is 11.1 Å². The van der Waals surface area contributed by atoms with Crippen molar-refractivity contribution in [1.82, 2.24) is 5.32 Å². The van der Waals surface area contributed by atoms with Gasteiger partial charge in [-0.3, -0.25) is 14.5 Å². The molecule has 0 bridgehead atoms. The molecule has 26 heavy (non-hydrogen) atoms. The van der Waals surface area contributed by atoms with E-state index in [2.05, 4.69) is 10.6 Å². The third-order valence-electron chi connectivity index (χ3n) is 4.69. The Balaban J connectivity index is 1.78. The number of nitrogens with zero attached hydrogens (tertiary/aromatic N) is 1. The van der Waals surface area contributed by atoms with Crippen LogP contribution in [0.4, 0.5) is 11.4 Å². The highest BCUT2D eigenvalue weighted by molar-refractivity contribution is 6.30. The predicted octanol–water partition coefficient (Wildman–Crippen LogP) is 3.75. The molecule has 1 aliphatic heterocycles. The largest absolute Gasteiger partial charge is 0.322 e. The molecule has 2 aromatic carbocycles. The Morgan fingerprint density at radius 1 is 1.19 bits per heavy atom. The number of hydrogen-bond donors (Lipinski definition) is 2. The van der Waals surface area contributed by atoms with Gasteiger partial charge in [-0.2, -0.15) is 0 Å². The standard InChI is InChI=1S/C20H22ClN3O2/c1-13(14-8-10-15(21)11-9-14)22-12-18(25)24-17-7-5-4-6-16(17)23-19(26)20(24,2)3/h4-11,13,22H,12H2,1-3H3,(H,23,26)/t13-/m0/s1. The maximum Gasteiger partial charge on any atom is 0.250 e. The van der Waals surface area contributed by atoms with Crippen molar-refractivity contribution < 1.29 is 9.59 Å². The average molecular weight is 372 g/mol. The van der Waals surface area contributed by atoms with E-state index in [9.17, 15) is 9.59 Å². The molecule has 6 heteroatoms. The summed E-state index contributed by atoms with van der Waals surface area (Å²) in [7, 11) is 0. The van der Waals surface area contributed by atoms with Gasteiger partial charge in [0.2, 0.25) is 11.8 Å². The minimum absolute atomic E-state index is 0.0202. The highest BCUT2D eigenvalue weighted by Crippen LogP contribution is 2.36. The summed E-state index contributed by atoms with van der Waals surface area (Å²) >= 11 is 5.92. The summed E-state index contributed by atoms with van der Waals surface area (Å²) in [5.41, 5.74) is 1.44. The second-order valence-electron chi connectivity index (χ2n) is 6.91. The Hall–Kier alpha value is -2.37. The lowest BCUT2D eigenvalue weighted by molar-refractivity contribution is -0.126. The van der Waals surface area contributed by atoms with Gasteiger partial charge in [0.25, 0.3) is 0 Å². The van der Waals surface area contributed by atoms with Crippen molar-refractivity contribution >= 4 is 34.8 Å². The first-order chi connectivity index (χ1) is 12.3. The number of carbonyl (C=O) groups excluding carboxylic acids is 2. The molecule has 3 rings (SSSR count). The topological polar surface area (TPSA) is 61.4 Å². The lowest BCUT2D eigenvalue weighted by atomic mass is 9.96. The van der Waals surface area contributed by atoms with Crippen LogP contribution in [0.15, 0.2) is 48.5 Å². The Morgan fingerprint density at radius 3 is 2.54 bits per heavy atom. The second-order valence-corrected chi connectivity index (χ2v) is 7.35. The number of hydrogen-bond acceptors (Lipinski definition) is 3. The van der Waals surface area contributed by atoms with Gasteiger partial charge in [0.1, 0.15) is 5.54 Å². The van der Waals surface area contributed by atoms with Gasteiger partial charge in [-0.05, 0) is 50.6 Å². The summed E-state index contributed by atoms with van der Waals surface area (Å²) in [6.45, 7) is 5.60. The summed E-state index contributed by atoms with van der Waals surface area (Å²) in [5.74, 6) is -0.353. The van der Waals surface area contributed by atoms with Crippen LogP contribution < -0.4 is 15.5 Å². The number of para-hydroxylation sites is 2. The zero-order chi connectivity index (χ0) is 18.9. The highest BCUT2D eigenvalue weighted by atomic mass is 35.5. The van der Waals surface area contributed by atoms with E-state index < -0.39 is 5.54 Å². The van der Waals surface area contributed by atoms with Gasteiger partial charge < -0.3 is 10.6 Å². The molecule has 0 aromatic heterocycles. The van der Waals surface area contributed by atoms with Crippen molar-refractivity contribution in [2.24, 2.45) is 0 Å². The van der Waals surface area contributed by atoms with Crippen molar-refractivity contribution in [3.8, 4) is 0 Å². The van der Waals surface area contributed by atoms with E-state index >= 15 is 0 Å². The minimum Gasteiger partial charge on any atom is -0.322 e. The summed E-state index contributed by atoms with van der Waals surface area (Å²) in [6.07, 6.45) is 0. The Morgan fingerprint density at radius 2 is 1.85 bits per heavy atom. The summed E-state index contributed by atoms with van der Waals surface area (Å²) in [4.78, 5) is 27.0. The molecule has 0 spiro atoms. The molecule has 1 aliphatic rings. The molecule has 1 heterocycles. The molecule has 0 unspecified atom stereocenters. The molecule has 2 aromatic rings. The molecule has 0 fully saturated rings. The SMILES string of the molecule is C[C@H](NCC(=O)N1c2ccccc2NC(=O)C1(C)C)c1ccc(Cl)cc1. The highest BCUT2D eigenvalue weighted by Gasteiger charge is 2.43. The molecule has 1 atom stereocenters. The second kappa shape index (κ2) is 7.09. The Bertz CT molecular complexity index is 833. The monoisotopic (exact) mass is 371 g/mol. The van der Waals surface area contributed by atoms with Crippen LogP contribution in [0.5, 0.6) is 0 Å². The number of rotatable bonds is 4. The first-order valence-electron chi connectivity index (χ1n) is 8.53. The van der Waals surface area contributed by atoms with Gasteiger partial charge in [0.05, 0.1) is 17.9 Å². The zero-order valence-corrected chi connectivity index (χ0v) is 15.8. The molecule has 136 valence electrons. The molecule has 2 N–H and O–H groups in total. The van der Waals surface area contributed by atoms with Gasteiger partial charge in [-0.15, -0.1) is 0 Å². The number of nitrogens with one attached hydrogen (secondary N) is 2. The first kappa shape index (κ1) is 18.4. The molecule has 0 radical (unpaired) electrons. The quantitative estimate of drug-likeness (QED) is 0.860. The van der Waals surface area contributed by atoms with Gasteiger partial charge in [-0.1, -0.05) is 35.9 Å². The van der Waals surface area contributed by atoms with Crippen LogP contribution in [0, 0.1) is 0 Å². The van der Waals surface area contributed by atoms with Crippen molar-refractivity contribution in [3.63, 3.8) is 0 Å². The van der Waals surface area contributed by atoms with Crippen LogP contribution in [-0.2, 0) is 9.59 Å².